The van der Waals surface area contributed by atoms with Crippen LogP contribution in [-0.4, -0.2) is 30.8 Å². The topological polar surface area (TPSA) is 84.6 Å². The first kappa shape index (κ1) is 20.3. The summed E-state index contributed by atoms with van der Waals surface area (Å²) in [4.78, 5) is 17.4. The summed E-state index contributed by atoms with van der Waals surface area (Å²) >= 11 is 0. The van der Waals surface area contributed by atoms with Crippen LogP contribution in [-0.2, 0) is 9.84 Å². The molecule has 152 valence electrons. The molecule has 2 aromatic carbocycles. The molecule has 0 aliphatic carbocycles. The minimum absolute atomic E-state index is 0.161. The van der Waals surface area contributed by atoms with E-state index in [9.17, 15) is 8.42 Å². The van der Waals surface area contributed by atoms with E-state index >= 15 is 0 Å². The molecule has 0 atom stereocenters. The van der Waals surface area contributed by atoms with E-state index in [1.807, 2.05) is 36.4 Å². The summed E-state index contributed by atoms with van der Waals surface area (Å²) in [6.07, 6.45) is 6.54. The zero-order valence-electron chi connectivity index (χ0n) is 16.4. The number of hydrogen-bond acceptors (Lipinski definition) is 6. The minimum Gasteiger partial charge on any atom is -0.255 e. The normalized spacial score (nSPS) is 11.9. The predicted molar refractivity (Wildman–Crippen MR) is 121 cm³/mol. The summed E-state index contributed by atoms with van der Waals surface area (Å²) in [5.74, 6) is 0. The van der Waals surface area contributed by atoms with Gasteiger partial charge in [-0.1, -0.05) is 24.3 Å². The van der Waals surface area contributed by atoms with Gasteiger partial charge in [-0.2, -0.15) is 0 Å². The molecule has 0 radical (unpaired) electrons. The van der Waals surface area contributed by atoms with Crippen molar-refractivity contribution in [3.8, 4) is 0 Å². The monoisotopic (exact) mass is 426 g/mol. The number of aliphatic imine (C=N–C) groups is 2. The van der Waals surface area contributed by atoms with Crippen LogP contribution in [0, 0.1) is 0 Å². The number of benzene rings is 2. The van der Waals surface area contributed by atoms with Crippen LogP contribution in [0.15, 0.2) is 117 Å². The van der Waals surface area contributed by atoms with Gasteiger partial charge in [-0.25, -0.2) is 8.42 Å². The van der Waals surface area contributed by atoms with Gasteiger partial charge in [0, 0.05) is 12.4 Å². The average molecular weight is 427 g/mol. The van der Waals surface area contributed by atoms with Crippen molar-refractivity contribution in [2.45, 2.75) is 9.79 Å². The maximum atomic E-state index is 13.2. The molecule has 0 unspecified atom stereocenters. The fraction of sp³-hybridized carbons (Fsp3) is 0. The Morgan fingerprint density at radius 2 is 1.10 bits per heavy atom. The lowest BCUT2D eigenvalue weighted by Gasteiger charge is -2.06. The Morgan fingerprint density at radius 1 is 0.613 bits per heavy atom. The van der Waals surface area contributed by atoms with Gasteiger partial charge in [-0.3, -0.25) is 20.0 Å². The quantitative estimate of drug-likeness (QED) is 0.414. The molecule has 2 heterocycles. The Hall–Kier alpha value is -3.97. The number of hydrogen-bond donors (Lipinski definition) is 0. The predicted octanol–water partition coefficient (Wildman–Crippen LogP) is 4.81. The number of aromatic nitrogens is 2. The van der Waals surface area contributed by atoms with Gasteiger partial charge in [0.15, 0.2) is 0 Å². The number of pyridine rings is 2. The van der Waals surface area contributed by atoms with Gasteiger partial charge < -0.3 is 0 Å². The van der Waals surface area contributed by atoms with Crippen molar-refractivity contribution in [2.24, 2.45) is 9.98 Å². The van der Waals surface area contributed by atoms with Gasteiger partial charge in [-0.15, -0.1) is 0 Å². The average Bonchev–Trinajstić information content (AvgIpc) is 2.83. The van der Waals surface area contributed by atoms with E-state index in [1.165, 1.54) is 0 Å². The van der Waals surface area contributed by atoms with Crippen molar-refractivity contribution in [1.29, 1.82) is 0 Å². The van der Waals surface area contributed by atoms with E-state index in [0.717, 1.165) is 0 Å². The zero-order valence-corrected chi connectivity index (χ0v) is 17.2. The lowest BCUT2D eigenvalue weighted by molar-refractivity contribution is 0.596. The van der Waals surface area contributed by atoms with Gasteiger partial charge in [0.05, 0.1) is 45.0 Å². The lowest BCUT2D eigenvalue weighted by atomic mass is 10.3. The Kier molecular flexibility index (Phi) is 6.05. The Balaban J connectivity index is 1.60. The highest BCUT2D eigenvalue weighted by Crippen LogP contribution is 2.27. The Bertz CT molecular complexity index is 1240. The molecule has 0 saturated heterocycles. The maximum Gasteiger partial charge on any atom is 0.206 e. The third-order valence-corrected chi connectivity index (χ3v) is 6.07. The molecule has 4 rings (SSSR count). The molecule has 0 bridgehead atoms. The van der Waals surface area contributed by atoms with E-state index < -0.39 is 9.84 Å². The number of nitrogens with zero attached hydrogens (tertiary/aromatic N) is 4. The number of sulfone groups is 1. The van der Waals surface area contributed by atoms with Crippen molar-refractivity contribution >= 4 is 33.6 Å². The molecule has 6 nitrogen and oxygen atoms in total. The standard InChI is InChI=1S/C24H18N4O2S/c29-31(30,23-11-5-9-19(15-23)27-17-21-7-1-3-13-25-21)24-12-6-10-20(16-24)28-18-22-8-2-4-14-26-22/h1-18H. The van der Waals surface area contributed by atoms with Gasteiger partial charge in [0.2, 0.25) is 9.84 Å². The summed E-state index contributed by atoms with van der Waals surface area (Å²) < 4.78 is 26.3. The summed E-state index contributed by atoms with van der Waals surface area (Å²) in [5, 5.41) is 0. The van der Waals surface area contributed by atoms with Crippen molar-refractivity contribution < 1.29 is 8.42 Å². The van der Waals surface area contributed by atoms with Crippen molar-refractivity contribution in [3.63, 3.8) is 0 Å². The molecule has 0 spiro atoms. The molecule has 31 heavy (non-hydrogen) atoms. The van der Waals surface area contributed by atoms with E-state index in [0.29, 0.717) is 22.8 Å². The van der Waals surface area contributed by atoms with Gasteiger partial charge in [-0.05, 0) is 60.7 Å². The second-order valence-electron chi connectivity index (χ2n) is 6.52. The minimum atomic E-state index is -3.73. The highest BCUT2D eigenvalue weighted by molar-refractivity contribution is 7.91. The van der Waals surface area contributed by atoms with Crippen LogP contribution in [0.2, 0.25) is 0 Å². The molecule has 7 heteroatoms. The second kappa shape index (κ2) is 9.23. The molecule has 0 N–H and O–H groups in total. The Morgan fingerprint density at radius 3 is 1.52 bits per heavy atom. The van der Waals surface area contributed by atoms with Crippen LogP contribution in [0.5, 0.6) is 0 Å². The van der Waals surface area contributed by atoms with Crippen LogP contribution < -0.4 is 0 Å². The first-order chi connectivity index (χ1) is 15.1. The van der Waals surface area contributed by atoms with E-state index in [-0.39, 0.29) is 9.79 Å². The maximum absolute atomic E-state index is 13.2. The van der Waals surface area contributed by atoms with Crippen molar-refractivity contribution in [2.75, 3.05) is 0 Å². The Labute approximate surface area is 180 Å². The molecular weight excluding hydrogens is 408 g/mol. The molecule has 0 fully saturated rings. The van der Waals surface area contributed by atoms with E-state index in [4.69, 9.17) is 0 Å². The van der Waals surface area contributed by atoms with Crippen LogP contribution in [0.25, 0.3) is 0 Å². The first-order valence-corrected chi connectivity index (χ1v) is 10.9. The third kappa shape index (κ3) is 5.15. The third-order valence-electron chi connectivity index (χ3n) is 4.32. The number of rotatable bonds is 6. The highest BCUT2D eigenvalue weighted by Gasteiger charge is 2.18. The van der Waals surface area contributed by atoms with Crippen molar-refractivity contribution in [1.82, 2.24) is 9.97 Å². The van der Waals surface area contributed by atoms with Gasteiger partial charge >= 0.3 is 0 Å². The van der Waals surface area contributed by atoms with Gasteiger partial charge in [0.1, 0.15) is 0 Å². The van der Waals surface area contributed by atoms with E-state index in [1.54, 1.807) is 73.4 Å². The fourth-order valence-electron chi connectivity index (χ4n) is 2.78. The highest BCUT2D eigenvalue weighted by atomic mass is 32.2. The zero-order chi connectivity index (χ0) is 21.5. The molecular formula is C24H18N4O2S. The smallest absolute Gasteiger partial charge is 0.206 e. The largest absolute Gasteiger partial charge is 0.255 e. The summed E-state index contributed by atoms with van der Waals surface area (Å²) in [7, 11) is -3.73. The molecule has 2 aromatic heterocycles. The lowest BCUT2D eigenvalue weighted by Crippen LogP contribution is -2.01. The second-order valence-corrected chi connectivity index (χ2v) is 8.47. The summed E-state index contributed by atoms with van der Waals surface area (Å²) in [5.41, 5.74) is 2.43. The van der Waals surface area contributed by atoms with Crippen LogP contribution in [0.4, 0.5) is 11.4 Å². The van der Waals surface area contributed by atoms with Gasteiger partial charge in [0.25, 0.3) is 0 Å². The molecule has 0 amide bonds. The summed E-state index contributed by atoms with van der Waals surface area (Å²) in [6, 6.07) is 24.0. The molecule has 0 saturated carbocycles. The SMILES string of the molecule is O=S(=O)(c1cccc(N=Cc2ccccn2)c1)c1cccc(N=Cc2ccccn2)c1. The van der Waals surface area contributed by atoms with Crippen LogP contribution >= 0.6 is 0 Å². The summed E-state index contributed by atoms with van der Waals surface area (Å²) in [6.45, 7) is 0. The van der Waals surface area contributed by atoms with Crippen LogP contribution in [0.1, 0.15) is 11.4 Å². The molecule has 0 aliphatic rings. The molecule has 0 aliphatic heterocycles. The van der Waals surface area contributed by atoms with E-state index in [2.05, 4.69) is 20.0 Å². The fourth-order valence-corrected chi connectivity index (χ4v) is 4.12. The first-order valence-electron chi connectivity index (χ1n) is 9.47. The van der Waals surface area contributed by atoms with Crippen LogP contribution in [0.3, 0.4) is 0 Å². The molecule has 4 aromatic rings. The van der Waals surface area contributed by atoms with Crippen molar-refractivity contribution in [3.05, 3.63) is 109 Å².